The third kappa shape index (κ3) is 1.90. The molecule has 0 fully saturated rings. The fourth-order valence-electron chi connectivity index (χ4n) is 1.26. The summed E-state index contributed by atoms with van der Waals surface area (Å²) in [6.45, 7) is 0. The van der Waals surface area contributed by atoms with Crippen LogP contribution < -0.4 is 0 Å². The van der Waals surface area contributed by atoms with E-state index >= 15 is 0 Å². The Hall–Kier alpha value is -1.28. The van der Waals surface area contributed by atoms with Crippen LogP contribution in [0.25, 0.3) is 0 Å². The van der Waals surface area contributed by atoms with E-state index in [0.29, 0.717) is 5.75 Å². The summed E-state index contributed by atoms with van der Waals surface area (Å²) in [7, 11) is 0. The van der Waals surface area contributed by atoms with Gasteiger partial charge in [0.2, 0.25) is 0 Å². The molecule has 2 aromatic rings. The van der Waals surface area contributed by atoms with E-state index in [4.69, 9.17) is 0 Å². The first-order valence-electron chi connectivity index (χ1n) is 4.14. The van der Waals surface area contributed by atoms with Gasteiger partial charge in [0.05, 0.1) is 0 Å². The highest BCUT2D eigenvalue weighted by Crippen LogP contribution is 2.24. The van der Waals surface area contributed by atoms with E-state index < -0.39 is 0 Å². The van der Waals surface area contributed by atoms with Crippen molar-refractivity contribution in [2.45, 2.75) is 6.42 Å². The van der Waals surface area contributed by atoms with Crippen LogP contribution in [0.15, 0.2) is 41.1 Å². The van der Waals surface area contributed by atoms with Crippen LogP contribution >= 0.6 is 11.3 Å². The van der Waals surface area contributed by atoms with Gasteiger partial charge >= 0.3 is 0 Å². The summed E-state index contributed by atoms with van der Waals surface area (Å²) in [5.74, 6) is 0.411. The average molecular weight is 190 g/mol. The smallest absolute Gasteiger partial charge is 0.129 e. The second kappa shape index (κ2) is 3.62. The minimum absolute atomic E-state index is 0.411. The lowest BCUT2D eigenvalue weighted by Gasteiger charge is -1.98. The molecule has 0 saturated heterocycles. The molecule has 1 heterocycles. The first-order chi connectivity index (χ1) is 6.36. The molecule has 0 aliphatic rings. The molecule has 0 bridgehead atoms. The number of rotatable bonds is 2. The van der Waals surface area contributed by atoms with Crippen molar-refractivity contribution >= 4 is 11.3 Å². The van der Waals surface area contributed by atoms with Crippen LogP contribution in [0.1, 0.15) is 11.1 Å². The molecule has 0 saturated carbocycles. The van der Waals surface area contributed by atoms with Crippen molar-refractivity contribution in [3.05, 3.63) is 52.2 Å². The Labute approximate surface area is 81.3 Å². The summed E-state index contributed by atoms with van der Waals surface area (Å²) in [4.78, 5) is 0. The number of benzene rings is 1. The van der Waals surface area contributed by atoms with Crippen molar-refractivity contribution < 1.29 is 5.11 Å². The van der Waals surface area contributed by atoms with Crippen LogP contribution in [0, 0.1) is 0 Å². The summed E-state index contributed by atoms with van der Waals surface area (Å²) in [6, 6.07) is 10.2. The third-order valence-corrected chi connectivity index (χ3v) is 2.74. The van der Waals surface area contributed by atoms with Crippen LogP contribution in [0.5, 0.6) is 5.75 Å². The molecule has 2 rings (SSSR count). The topological polar surface area (TPSA) is 20.2 Å². The van der Waals surface area contributed by atoms with Crippen LogP contribution in [-0.2, 0) is 6.42 Å². The standard InChI is InChI=1S/C11H10OS/c12-11-8-13-7-10(11)6-9-4-2-1-3-5-9/h1-5,7-8,12H,6H2. The Morgan fingerprint density at radius 2 is 1.85 bits per heavy atom. The number of hydrogen-bond donors (Lipinski definition) is 1. The van der Waals surface area contributed by atoms with Crippen LogP contribution in [-0.4, -0.2) is 5.11 Å². The number of thiophene rings is 1. The summed E-state index contributed by atoms with van der Waals surface area (Å²) < 4.78 is 0. The van der Waals surface area contributed by atoms with Crippen molar-refractivity contribution in [3.63, 3.8) is 0 Å². The Bertz CT molecular complexity index is 378. The third-order valence-electron chi connectivity index (χ3n) is 1.96. The van der Waals surface area contributed by atoms with Gasteiger partial charge in [0.15, 0.2) is 0 Å². The van der Waals surface area contributed by atoms with E-state index in [1.807, 2.05) is 23.6 Å². The maximum atomic E-state index is 9.42. The monoisotopic (exact) mass is 190 g/mol. The van der Waals surface area contributed by atoms with Gasteiger partial charge in [0.1, 0.15) is 5.75 Å². The SMILES string of the molecule is Oc1cscc1Cc1ccccc1. The molecule has 0 radical (unpaired) electrons. The lowest BCUT2D eigenvalue weighted by atomic mass is 10.1. The van der Waals surface area contributed by atoms with Crippen molar-refractivity contribution in [3.8, 4) is 5.75 Å². The van der Waals surface area contributed by atoms with Crippen LogP contribution in [0.3, 0.4) is 0 Å². The Morgan fingerprint density at radius 3 is 2.46 bits per heavy atom. The molecule has 0 atom stereocenters. The van der Waals surface area contributed by atoms with E-state index in [2.05, 4.69) is 12.1 Å². The largest absolute Gasteiger partial charge is 0.507 e. The predicted molar refractivity (Wildman–Crippen MR) is 55.2 cm³/mol. The molecule has 0 spiro atoms. The molecule has 0 amide bonds. The number of hydrogen-bond acceptors (Lipinski definition) is 2. The van der Waals surface area contributed by atoms with E-state index in [1.54, 1.807) is 5.38 Å². The number of aromatic hydroxyl groups is 1. The molecule has 1 aromatic heterocycles. The first-order valence-corrected chi connectivity index (χ1v) is 5.08. The van der Waals surface area contributed by atoms with Gasteiger partial charge in [0.25, 0.3) is 0 Å². The molecule has 66 valence electrons. The molecular weight excluding hydrogens is 180 g/mol. The summed E-state index contributed by atoms with van der Waals surface area (Å²) in [5, 5.41) is 13.2. The van der Waals surface area contributed by atoms with Gasteiger partial charge in [-0.05, 0) is 10.9 Å². The maximum Gasteiger partial charge on any atom is 0.129 e. The second-order valence-electron chi connectivity index (χ2n) is 2.94. The quantitative estimate of drug-likeness (QED) is 0.771. The van der Waals surface area contributed by atoms with Gasteiger partial charge in [-0.3, -0.25) is 0 Å². The van der Waals surface area contributed by atoms with Gasteiger partial charge in [-0.25, -0.2) is 0 Å². The zero-order chi connectivity index (χ0) is 9.10. The highest BCUT2D eigenvalue weighted by atomic mass is 32.1. The zero-order valence-electron chi connectivity index (χ0n) is 7.10. The van der Waals surface area contributed by atoms with E-state index in [-0.39, 0.29) is 0 Å². The van der Waals surface area contributed by atoms with Gasteiger partial charge < -0.3 is 5.11 Å². The summed E-state index contributed by atoms with van der Waals surface area (Å²) in [5.41, 5.74) is 2.24. The van der Waals surface area contributed by atoms with E-state index in [0.717, 1.165) is 12.0 Å². The van der Waals surface area contributed by atoms with Crippen molar-refractivity contribution in [1.82, 2.24) is 0 Å². The van der Waals surface area contributed by atoms with Crippen molar-refractivity contribution in [1.29, 1.82) is 0 Å². The first kappa shape index (κ1) is 8.32. The highest BCUT2D eigenvalue weighted by molar-refractivity contribution is 7.08. The van der Waals surface area contributed by atoms with Gasteiger partial charge in [-0.2, -0.15) is 0 Å². The second-order valence-corrected chi connectivity index (χ2v) is 3.69. The van der Waals surface area contributed by atoms with E-state index in [9.17, 15) is 5.11 Å². The fraction of sp³-hybridized carbons (Fsp3) is 0.0909. The van der Waals surface area contributed by atoms with Gasteiger partial charge in [-0.1, -0.05) is 30.3 Å². The lowest BCUT2D eigenvalue weighted by Crippen LogP contribution is -1.84. The van der Waals surface area contributed by atoms with Crippen molar-refractivity contribution in [2.24, 2.45) is 0 Å². The Kier molecular flexibility index (Phi) is 2.32. The normalized spacial score (nSPS) is 10.2. The molecule has 0 unspecified atom stereocenters. The Morgan fingerprint density at radius 1 is 1.08 bits per heavy atom. The molecule has 1 nitrogen and oxygen atoms in total. The summed E-state index contributed by atoms with van der Waals surface area (Å²) >= 11 is 1.54. The fourth-order valence-corrected chi connectivity index (χ4v) is 1.98. The lowest BCUT2D eigenvalue weighted by molar-refractivity contribution is 0.472. The molecular formula is C11H10OS. The minimum atomic E-state index is 0.411. The van der Waals surface area contributed by atoms with Crippen LogP contribution in [0.2, 0.25) is 0 Å². The van der Waals surface area contributed by atoms with Crippen molar-refractivity contribution in [2.75, 3.05) is 0 Å². The molecule has 2 heteroatoms. The Balaban J connectivity index is 2.20. The molecule has 13 heavy (non-hydrogen) atoms. The molecule has 1 aromatic carbocycles. The predicted octanol–water partition coefficient (Wildman–Crippen LogP) is 3.04. The molecule has 1 N–H and O–H groups in total. The van der Waals surface area contributed by atoms with Gasteiger partial charge in [0, 0.05) is 17.4 Å². The molecule has 0 aliphatic carbocycles. The summed E-state index contributed by atoms with van der Waals surface area (Å²) in [6.07, 6.45) is 0.816. The average Bonchev–Trinajstić information content (AvgIpc) is 2.54. The van der Waals surface area contributed by atoms with E-state index in [1.165, 1.54) is 16.9 Å². The maximum absolute atomic E-state index is 9.42. The van der Waals surface area contributed by atoms with Crippen LogP contribution in [0.4, 0.5) is 0 Å². The van der Waals surface area contributed by atoms with Gasteiger partial charge in [-0.15, -0.1) is 11.3 Å². The zero-order valence-corrected chi connectivity index (χ0v) is 7.92. The minimum Gasteiger partial charge on any atom is -0.507 e. The highest BCUT2D eigenvalue weighted by Gasteiger charge is 2.01. The molecule has 0 aliphatic heterocycles.